The molecule has 0 aliphatic rings. The van der Waals surface area contributed by atoms with Crippen molar-refractivity contribution >= 4 is 22.9 Å². The van der Waals surface area contributed by atoms with E-state index in [0.717, 1.165) is 33.5 Å². The topological polar surface area (TPSA) is 59.3 Å². The smallest absolute Gasteiger partial charge is 0.271 e. The van der Waals surface area contributed by atoms with Crippen LogP contribution in [-0.4, -0.2) is 21.7 Å². The molecular formula is C23H20N4O. The summed E-state index contributed by atoms with van der Waals surface area (Å²) in [5.41, 5.74) is 6.25. The van der Waals surface area contributed by atoms with Crippen LogP contribution in [0.15, 0.2) is 78.0 Å². The summed E-state index contributed by atoms with van der Waals surface area (Å²) in [6, 6.07) is 21.3. The Bertz CT molecular complexity index is 1170. The van der Waals surface area contributed by atoms with Gasteiger partial charge in [0.25, 0.3) is 5.91 Å². The van der Waals surface area contributed by atoms with Gasteiger partial charge in [-0.1, -0.05) is 42.5 Å². The van der Waals surface area contributed by atoms with Crippen LogP contribution in [-0.2, 0) is 0 Å². The molecule has 0 radical (unpaired) electrons. The summed E-state index contributed by atoms with van der Waals surface area (Å²) in [6.07, 6.45) is 3.44. The van der Waals surface area contributed by atoms with Gasteiger partial charge in [-0.25, -0.2) is 10.4 Å². The predicted molar refractivity (Wildman–Crippen MR) is 112 cm³/mol. The molecule has 5 nitrogen and oxygen atoms in total. The number of carbonyl (C=O) groups excluding carboxylic acids is 1. The lowest BCUT2D eigenvalue weighted by Crippen LogP contribution is -2.18. The molecule has 138 valence electrons. The van der Waals surface area contributed by atoms with Crippen molar-refractivity contribution in [1.82, 2.24) is 15.0 Å². The molecule has 0 bridgehead atoms. The van der Waals surface area contributed by atoms with Gasteiger partial charge in [-0.3, -0.25) is 4.79 Å². The van der Waals surface area contributed by atoms with Gasteiger partial charge in [-0.2, -0.15) is 5.10 Å². The van der Waals surface area contributed by atoms with Crippen molar-refractivity contribution in [1.29, 1.82) is 0 Å². The second-order valence-electron chi connectivity index (χ2n) is 6.58. The fraction of sp³-hybridized carbons (Fsp3) is 0.0870. The molecule has 2 aromatic carbocycles. The number of amides is 1. The molecule has 5 heteroatoms. The summed E-state index contributed by atoms with van der Waals surface area (Å²) in [6.45, 7) is 4.03. The number of hydrogen-bond donors (Lipinski definition) is 1. The van der Waals surface area contributed by atoms with Crippen LogP contribution in [0.4, 0.5) is 0 Å². The quantitative estimate of drug-likeness (QED) is 0.428. The number of rotatable bonds is 4. The summed E-state index contributed by atoms with van der Waals surface area (Å²) in [5, 5.41) is 6.11. The second-order valence-corrected chi connectivity index (χ2v) is 6.58. The normalized spacial score (nSPS) is 11.2. The zero-order valence-corrected chi connectivity index (χ0v) is 15.8. The maximum Gasteiger partial charge on any atom is 0.271 e. The van der Waals surface area contributed by atoms with Crippen LogP contribution in [0.2, 0.25) is 0 Å². The molecule has 0 atom stereocenters. The van der Waals surface area contributed by atoms with E-state index >= 15 is 0 Å². The highest BCUT2D eigenvalue weighted by Crippen LogP contribution is 2.19. The molecule has 1 N–H and O–H groups in total. The Morgan fingerprint density at radius 1 is 1.04 bits per heavy atom. The summed E-state index contributed by atoms with van der Waals surface area (Å²) in [5.74, 6) is 0.628. The first-order valence-corrected chi connectivity index (χ1v) is 9.06. The van der Waals surface area contributed by atoms with Gasteiger partial charge in [0.1, 0.15) is 5.82 Å². The molecule has 28 heavy (non-hydrogen) atoms. The molecule has 0 saturated carbocycles. The first kappa shape index (κ1) is 17.7. The first-order chi connectivity index (χ1) is 13.6. The summed E-state index contributed by atoms with van der Waals surface area (Å²) in [7, 11) is 0. The van der Waals surface area contributed by atoms with E-state index in [1.54, 1.807) is 18.5 Å². The van der Waals surface area contributed by atoms with Gasteiger partial charge in [0.2, 0.25) is 0 Å². The molecule has 4 rings (SSSR count). The third kappa shape index (κ3) is 3.30. The molecule has 0 unspecified atom stereocenters. The molecule has 0 saturated heterocycles. The molecule has 0 aliphatic heterocycles. The molecule has 0 spiro atoms. The minimum Gasteiger partial charge on any atom is -0.303 e. The standard InChI is InChI=1S/C23H20N4O/c1-16-14-19(17(2)27(16)22-12-5-6-13-24-22)15-25-26-23(28)21-11-7-9-18-8-3-4-10-20(18)21/h3-15H,1-2H3,(H,26,28). The third-order valence-electron chi connectivity index (χ3n) is 4.75. The molecule has 0 fully saturated rings. The van der Waals surface area contributed by atoms with Gasteiger partial charge in [-0.15, -0.1) is 0 Å². The Morgan fingerprint density at radius 2 is 1.82 bits per heavy atom. The Balaban J connectivity index is 1.56. The highest BCUT2D eigenvalue weighted by molar-refractivity contribution is 6.07. The van der Waals surface area contributed by atoms with Gasteiger partial charge in [-0.05, 0) is 48.9 Å². The largest absolute Gasteiger partial charge is 0.303 e. The van der Waals surface area contributed by atoms with E-state index in [2.05, 4.69) is 20.1 Å². The van der Waals surface area contributed by atoms with Crippen molar-refractivity contribution in [3.8, 4) is 5.82 Å². The highest BCUT2D eigenvalue weighted by Gasteiger charge is 2.11. The maximum absolute atomic E-state index is 12.6. The van der Waals surface area contributed by atoms with Gasteiger partial charge in [0.15, 0.2) is 0 Å². The minimum atomic E-state index is -0.230. The van der Waals surface area contributed by atoms with Crippen molar-refractivity contribution in [3.05, 3.63) is 95.4 Å². The van der Waals surface area contributed by atoms with E-state index in [-0.39, 0.29) is 5.91 Å². The summed E-state index contributed by atoms with van der Waals surface area (Å²) in [4.78, 5) is 17.0. The van der Waals surface area contributed by atoms with Gasteiger partial charge >= 0.3 is 0 Å². The van der Waals surface area contributed by atoms with Crippen molar-refractivity contribution < 1.29 is 4.79 Å². The number of pyridine rings is 1. The number of hydrazone groups is 1. The third-order valence-corrected chi connectivity index (χ3v) is 4.75. The zero-order valence-electron chi connectivity index (χ0n) is 15.8. The van der Waals surface area contributed by atoms with E-state index in [0.29, 0.717) is 5.56 Å². The van der Waals surface area contributed by atoms with Crippen molar-refractivity contribution in [2.24, 2.45) is 5.10 Å². The average Bonchev–Trinajstić information content (AvgIpc) is 3.01. The average molecular weight is 368 g/mol. The van der Waals surface area contributed by atoms with E-state index < -0.39 is 0 Å². The monoisotopic (exact) mass is 368 g/mol. The highest BCUT2D eigenvalue weighted by atomic mass is 16.2. The number of aryl methyl sites for hydroxylation is 1. The zero-order chi connectivity index (χ0) is 19.5. The second kappa shape index (κ2) is 7.48. The molecule has 0 aliphatic carbocycles. The lowest BCUT2D eigenvalue weighted by molar-refractivity contribution is 0.0957. The van der Waals surface area contributed by atoms with Gasteiger partial charge in [0.05, 0.1) is 6.21 Å². The van der Waals surface area contributed by atoms with Crippen LogP contribution in [0.5, 0.6) is 0 Å². The number of hydrogen-bond acceptors (Lipinski definition) is 3. The number of fused-ring (bicyclic) bond motifs is 1. The number of carbonyl (C=O) groups is 1. The van der Waals surface area contributed by atoms with E-state index in [4.69, 9.17) is 0 Å². The Morgan fingerprint density at radius 3 is 2.64 bits per heavy atom. The molecule has 4 aromatic rings. The minimum absolute atomic E-state index is 0.230. The summed E-state index contributed by atoms with van der Waals surface area (Å²) < 4.78 is 2.06. The fourth-order valence-electron chi connectivity index (χ4n) is 3.40. The Labute approximate surface area is 163 Å². The van der Waals surface area contributed by atoms with Gasteiger partial charge in [0, 0.05) is 28.7 Å². The Kier molecular flexibility index (Phi) is 4.72. The van der Waals surface area contributed by atoms with Crippen LogP contribution in [0.1, 0.15) is 27.3 Å². The van der Waals surface area contributed by atoms with E-state index in [9.17, 15) is 4.79 Å². The van der Waals surface area contributed by atoms with E-state index in [1.165, 1.54) is 0 Å². The lowest BCUT2D eigenvalue weighted by Gasteiger charge is -2.07. The predicted octanol–water partition coefficient (Wildman–Crippen LogP) is 4.41. The van der Waals surface area contributed by atoms with Crippen molar-refractivity contribution in [2.45, 2.75) is 13.8 Å². The summed E-state index contributed by atoms with van der Waals surface area (Å²) >= 11 is 0. The van der Waals surface area contributed by atoms with Crippen LogP contribution in [0, 0.1) is 13.8 Å². The number of nitrogens with one attached hydrogen (secondary N) is 1. The number of aromatic nitrogens is 2. The fourth-order valence-corrected chi connectivity index (χ4v) is 3.40. The molecule has 2 aromatic heterocycles. The van der Waals surface area contributed by atoms with Crippen molar-refractivity contribution in [3.63, 3.8) is 0 Å². The number of nitrogens with zero attached hydrogens (tertiary/aromatic N) is 3. The van der Waals surface area contributed by atoms with Crippen LogP contribution >= 0.6 is 0 Å². The van der Waals surface area contributed by atoms with Crippen LogP contribution in [0.25, 0.3) is 16.6 Å². The SMILES string of the molecule is Cc1cc(C=NNC(=O)c2cccc3ccccc23)c(C)n1-c1ccccn1. The maximum atomic E-state index is 12.6. The lowest BCUT2D eigenvalue weighted by atomic mass is 10.0. The van der Waals surface area contributed by atoms with Crippen LogP contribution in [0.3, 0.4) is 0 Å². The molecular weight excluding hydrogens is 348 g/mol. The van der Waals surface area contributed by atoms with Crippen LogP contribution < -0.4 is 5.43 Å². The van der Waals surface area contributed by atoms with Gasteiger partial charge < -0.3 is 4.57 Å². The van der Waals surface area contributed by atoms with E-state index in [1.807, 2.05) is 74.5 Å². The molecule has 2 heterocycles. The van der Waals surface area contributed by atoms with Crippen molar-refractivity contribution in [2.75, 3.05) is 0 Å². The number of benzene rings is 2. The Hall–Kier alpha value is -3.73. The molecule has 1 amide bonds. The first-order valence-electron chi connectivity index (χ1n) is 9.06.